The Balaban J connectivity index is 1.69. The second kappa shape index (κ2) is 8.35. The first-order chi connectivity index (χ1) is 16.2. The van der Waals surface area contributed by atoms with E-state index in [1.807, 2.05) is 20.2 Å². The van der Waals surface area contributed by atoms with E-state index >= 15 is 0 Å². The van der Waals surface area contributed by atoms with Crippen LogP contribution in [0.4, 0.5) is 13.2 Å². The molecule has 3 aromatic heterocycles. The minimum atomic E-state index is -0.992. The van der Waals surface area contributed by atoms with Gasteiger partial charge in [-0.2, -0.15) is 9.49 Å². The Bertz CT molecular complexity index is 1470. The summed E-state index contributed by atoms with van der Waals surface area (Å²) in [4.78, 5) is 21.6. The molecule has 4 aromatic rings. The van der Waals surface area contributed by atoms with Crippen LogP contribution in [0.15, 0.2) is 41.6 Å². The van der Waals surface area contributed by atoms with Crippen LogP contribution < -0.4 is 5.56 Å². The van der Waals surface area contributed by atoms with Crippen molar-refractivity contribution >= 4 is 5.65 Å². The van der Waals surface area contributed by atoms with E-state index in [1.165, 1.54) is 19.2 Å². The van der Waals surface area contributed by atoms with Gasteiger partial charge in [0.1, 0.15) is 17.3 Å². The van der Waals surface area contributed by atoms with Crippen molar-refractivity contribution in [3.05, 3.63) is 81.5 Å². The number of halogens is 3. The first-order valence-corrected chi connectivity index (χ1v) is 10.9. The van der Waals surface area contributed by atoms with Gasteiger partial charge in [0.05, 0.1) is 29.8 Å². The van der Waals surface area contributed by atoms with Gasteiger partial charge in [0.15, 0.2) is 5.65 Å². The van der Waals surface area contributed by atoms with Gasteiger partial charge in [-0.05, 0) is 38.8 Å². The van der Waals surface area contributed by atoms with Crippen molar-refractivity contribution in [3.8, 4) is 11.3 Å². The van der Waals surface area contributed by atoms with Crippen molar-refractivity contribution in [2.75, 3.05) is 0 Å². The molecule has 0 radical (unpaired) electrons. The lowest BCUT2D eigenvalue weighted by molar-refractivity contribution is -0.0506. The lowest BCUT2D eigenvalue weighted by Crippen LogP contribution is -2.27. The molecule has 176 valence electrons. The Kier molecular flexibility index (Phi) is 5.47. The molecule has 1 fully saturated rings. The highest BCUT2D eigenvalue weighted by atomic mass is 19.1. The van der Waals surface area contributed by atoms with Gasteiger partial charge in [0, 0.05) is 42.6 Å². The quantitative estimate of drug-likeness (QED) is 0.449. The van der Waals surface area contributed by atoms with E-state index in [1.54, 1.807) is 10.9 Å². The fourth-order valence-corrected chi connectivity index (χ4v) is 4.51. The molecule has 5 rings (SSSR count). The van der Waals surface area contributed by atoms with Crippen LogP contribution in [0, 0.1) is 24.4 Å². The van der Waals surface area contributed by atoms with Crippen molar-refractivity contribution in [1.29, 1.82) is 0 Å². The maximum atomic E-state index is 14.8. The van der Waals surface area contributed by atoms with Gasteiger partial charge in [-0.3, -0.25) is 13.9 Å². The van der Waals surface area contributed by atoms with E-state index in [0.29, 0.717) is 18.5 Å². The Morgan fingerprint density at radius 1 is 1.12 bits per heavy atom. The number of nitrogens with zero attached hydrogens (tertiary/aromatic N) is 5. The van der Waals surface area contributed by atoms with E-state index in [-0.39, 0.29) is 40.7 Å². The van der Waals surface area contributed by atoms with Crippen LogP contribution in [0.2, 0.25) is 0 Å². The van der Waals surface area contributed by atoms with Gasteiger partial charge >= 0.3 is 0 Å². The van der Waals surface area contributed by atoms with E-state index < -0.39 is 23.0 Å². The third kappa shape index (κ3) is 3.87. The Morgan fingerprint density at radius 3 is 2.62 bits per heavy atom. The Labute approximate surface area is 192 Å². The first-order valence-electron chi connectivity index (χ1n) is 10.9. The number of ether oxygens (including phenoxy) is 1. The second-order valence-corrected chi connectivity index (χ2v) is 8.70. The van der Waals surface area contributed by atoms with Crippen molar-refractivity contribution < 1.29 is 17.9 Å². The highest BCUT2D eigenvalue weighted by Crippen LogP contribution is 2.40. The second-order valence-electron chi connectivity index (χ2n) is 8.70. The first kappa shape index (κ1) is 22.3. The molecule has 10 heteroatoms. The zero-order valence-electron chi connectivity index (χ0n) is 18.8. The molecule has 0 saturated carbocycles. The lowest BCUT2D eigenvalue weighted by atomic mass is 9.87. The van der Waals surface area contributed by atoms with Gasteiger partial charge in [-0.1, -0.05) is 0 Å². The molecule has 0 unspecified atom stereocenters. The molecule has 0 bridgehead atoms. The van der Waals surface area contributed by atoms with Crippen molar-refractivity contribution in [2.24, 2.45) is 7.05 Å². The SMILES string of the molecule is Cc1nc2c(-c3ccc(F)cc3F)nc([C@@H]3C[C@H](C)O[C@@H](c4cnn(C)c4)C3)cn2c(=O)c1F. The Morgan fingerprint density at radius 2 is 1.91 bits per heavy atom. The van der Waals surface area contributed by atoms with E-state index in [4.69, 9.17) is 4.74 Å². The molecular formula is C24H22F3N5O2. The van der Waals surface area contributed by atoms with Gasteiger partial charge in [0.25, 0.3) is 5.56 Å². The lowest BCUT2D eigenvalue weighted by Gasteiger charge is -2.33. The molecule has 7 nitrogen and oxygen atoms in total. The van der Waals surface area contributed by atoms with Crippen molar-refractivity contribution in [1.82, 2.24) is 24.1 Å². The van der Waals surface area contributed by atoms with Crippen LogP contribution in [-0.4, -0.2) is 30.3 Å². The molecule has 1 aliphatic rings. The average Bonchev–Trinajstić information content (AvgIpc) is 3.23. The summed E-state index contributed by atoms with van der Waals surface area (Å²) in [5.41, 5.74) is 0.378. The normalized spacial score (nSPS) is 20.7. The summed E-state index contributed by atoms with van der Waals surface area (Å²) in [5, 5.41) is 4.21. The van der Waals surface area contributed by atoms with Gasteiger partial charge in [-0.25, -0.2) is 18.7 Å². The van der Waals surface area contributed by atoms with Crippen LogP contribution in [0.5, 0.6) is 0 Å². The molecule has 1 aromatic carbocycles. The van der Waals surface area contributed by atoms with Crippen LogP contribution in [0.25, 0.3) is 16.9 Å². The molecular weight excluding hydrogens is 447 g/mol. The van der Waals surface area contributed by atoms with Crippen LogP contribution in [-0.2, 0) is 11.8 Å². The molecule has 0 aliphatic carbocycles. The van der Waals surface area contributed by atoms with E-state index in [9.17, 15) is 18.0 Å². The highest BCUT2D eigenvalue weighted by Gasteiger charge is 2.32. The smallest absolute Gasteiger partial charge is 0.294 e. The molecule has 1 saturated heterocycles. The summed E-state index contributed by atoms with van der Waals surface area (Å²) >= 11 is 0. The van der Waals surface area contributed by atoms with Gasteiger partial charge < -0.3 is 4.74 Å². The predicted molar refractivity (Wildman–Crippen MR) is 118 cm³/mol. The van der Waals surface area contributed by atoms with Crippen molar-refractivity contribution in [2.45, 2.75) is 44.8 Å². The van der Waals surface area contributed by atoms with Crippen molar-refractivity contribution in [3.63, 3.8) is 0 Å². The fraction of sp³-hybridized carbons (Fsp3) is 0.333. The van der Waals surface area contributed by atoms with Crippen LogP contribution in [0.1, 0.15) is 48.7 Å². The van der Waals surface area contributed by atoms with E-state index in [2.05, 4.69) is 15.1 Å². The third-order valence-electron chi connectivity index (χ3n) is 6.15. The van der Waals surface area contributed by atoms with Crippen LogP contribution in [0.3, 0.4) is 0 Å². The Hall–Kier alpha value is -3.53. The standard InChI is InChI=1S/C24H22F3N5O2/c1-12-6-14(7-20(34-12)15-9-28-31(3)10-15)19-11-32-23(29-13(2)21(27)24(32)33)22(30-19)17-5-4-16(25)8-18(17)26/h4-5,8-12,14,20H,6-7H2,1-3H3/t12-,14+,20+/m0/s1. The number of benzene rings is 1. The maximum absolute atomic E-state index is 14.8. The van der Waals surface area contributed by atoms with Crippen LogP contribution >= 0.6 is 0 Å². The highest BCUT2D eigenvalue weighted by molar-refractivity contribution is 5.74. The minimum absolute atomic E-state index is 0.00192. The summed E-state index contributed by atoms with van der Waals surface area (Å²) in [5.74, 6) is -2.76. The molecule has 34 heavy (non-hydrogen) atoms. The summed E-state index contributed by atoms with van der Waals surface area (Å²) in [6, 6.07) is 3.09. The molecule has 0 amide bonds. The third-order valence-corrected chi connectivity index (χ3v) is 6.15. The summed E-state index contributed by atoms with van der Waals surface area (Å²) in [6.07, 6.45) is 5.82. The largest absolute Gasteiger partial charge is 0.370 e. The topological polar surface area (TPSA) is 74.3 Å². The monoisotopic (exact) mass is 469 g/mol. The maximum Gasteiger partial charge on any atom is 0.294 e. The summed E-state index contributed by atoms with van der Waals surface area (Å²) in [7, 11) is 1.82. The number of rotatable bonds is 3. The molecule has 3 atom stereocenters. The molecule has 1 aliphatic heterocycles. The zero-order valence-corrected chi connectivity index (χ0v) is 18.8. The summed E-state index contributed by atoms with van der Waals surface area (Å²) < 4.78 is 51.7. The number of aryl methyl sites for hydroxylation is 2. The number of fused-ring (bicyclic) bond motifs is 1. The predicted octanol–water partition coefficient (Wildman–Crippen LogP) is 4.24. The zero-order chi connectivity index (χ0) is 24.1. The number of hydrogen-bond donors (Lipinski definition) is 0. The molecule has 0 N–H and O–H groups in total. The average molecular weight is 469 g/mol. The van der Waals surface area contributed by atoms with Gasteiger partial charge in [0.2, 0.25) is 5.82 Å². The molecule has 4 heterocycles. The minimum Gasteiger partial charge on any atom is -0.370 e. The number of aromatic nitrogens is 5. The number of hydrogen-bond acceptors (Lipinski definition) is 5. The summed E-state index contributed by atoms with van der Waals surface area (Å²) in [6.45, 7) is 3.29. The molecule has 0 spiro atoms. The van der Waals surface area contributed by atoms with E-state index in [0.717, 1.165) is 22.1 Å². The fourth-order valence-electron chi connectivity index (χ4n) is 4.51. The van der Waals surface area contributed by atoms with Gasteiger partial charge in [-0.15, -0.1) is 0 Å².